The number of alkyl halides is 3. The van der Waals surface area contributed by atoms with Crippen LogP contribution in [0.15, 0.2) is 34.5 Å². The minimum absolute atomic E-state index is 0.0387. The number of ether oxygens (including phenoxy) is 1. The molecule has 2 fully saturated rings. The average molecular weight is 613 g/mol. The number of amides is 4. The highest BCUT2D eigenvalue weighted by atomic mass is 32.2. The maximum Gasteiger partial charge on any atom is 0.442 e. The number of hydrogen-bond acceptors (Lipinski definition) is 7. The zero-order valence-electron chi connectivity index (χ0n) is 24.3. The molecule has 3 aliphatic heterocycles. The van der Waals surface area contributed by atoms with Crippen LogP contribution in [0.5, 0.6) is 0 Å². The van der Waals surface area contributed by atoms with Crippen LogP contribution in [0.3, 0.4) is 0 Å². The maximum atomic E-state index is 13.2. The van der Waals surface area contributed by atoms with Crippen LogP contribution < -0.4 is 21.3 Å². The lowest BCUT2D eigenvalue weighted by Gasteiger charge is -2.30. The molecule has 0 aliphatic carbocycles. The number of halogens is 3. The Labute approximate surface area is 247 Å². The summed E-state index contributed by atoms with van der Waals surface area (Å²) in [7, 11) is 0. The summed E-state index contributed by atoms with van der Waals surface area (Å²) >= 11 is 1.87. The predicted octanol–water partition coefficient (Wildman–Crippen LogP) is 4.40. The lowest BCUT2D eigenvalue weighted by Crippen LogP contribution is -2.46. The fourth-order valence-corrected chi connectivity index (χ4v) is 6.59. The van der Waals surface area contributed by atoms with Crippen molar-refractivity contribution < 1.29 is 32.3 Å². The van der Waals surface area contributed by atoms with E-state index >= 15 is 0 Å². The van der Waals surface area contributed by atoms with Gasteiger partial charge >= 0.3 is 17.9 Å². The third kappa shape index (κ3) is 7.94. The molecule has 42 heavy (non-hydrogen) atoms. The molecule has 10 nitrogen and oxygen atoms in total. The molecule has 4 rings (SSSR count). The fraction of sp³-hybridized carbons (Fsp3) is 0.679. The van der Waals surface area contributed by atoms with Crippen molar-refractivity contribution in [3.8, 4) is 0 Å². The lowest BCUT2D eigenvalue weighted by atomic mass is 9.98. The Kier molecular flexibility index (Phi) is 9.46. The number of carbonyl (C=O) groups is 3. The van der Waals surface area contributed by atoms with Gasteiger partial charge in [-0.1, -0.05) is 18.6 Å². The van der Waals surface area contributed by atoms with Gasteiger partial charge in [-0.25, -0.2) is 4.79 Å². The molecule has 0 bridgehead atoms. The Bertz CT molecular complexity index is 1190. The summed E-state index contributed by atoms with van der Waals surface area (Å²) < 4.78 is 45.6. The van der Waals surface area contributed by atoms with Gasteiger partial charge in [-0.05, 0) is 59.1 Å². The van der Waals surface area contributed by atoms with Crippen LogP contribution in [-0.2, 0) is 15.2 Å². The van der Waals surface area contributed by atoms with Crippen LogP contribution in [0.2, 0.25) is 0 Å². The molecule has 4 amide bonds. The molecule has 0 aromatic heterocycles. The highest BCUT2D eigenvalue weighted by Crippen LogP contribution is 2.52. The molecule has 1 aromatic carbocycles. The van der Waals surface area contributed by atoms with Crippen molar-refractivity contribution in [1.29, 1.82) is 0 Å². The Balaban J connectivity index is 1.11. The average Bonchev–Trinajstić information content (AvgIpc) is 3.54. The zero-order chi connectivity index (χ0) is 30.8. The van der Waals surface area contributed by atoms with Crippen molar-refractivity contribution >= 4 is 29.6 Å². The number of carbonyl (C=O) groups excluding carboxylic acids is 3. The number of unbranched alkanes of at least 4 members (excludes halogenated alkanes) is 1. The summed E-state index contributed by atoms with van der Waals surface area (Å²) in [5.41, 5.74) is -3.70. The van der Waals surface area contributed by atoms with Gasteiger partial charge in [0.05, 0.1) is 17.7 Å². The monoisotopic (exact) mass is 612 g/mol. The summed E-state index contributed by atoms with van der Waals surface area (Å²) in [6, 6.07) is 5.37. The molecular weight excluding hydrogens is 573 g/mol. The van der Waals surface area contributed by atoms with Gasteiger partial charge in [0, 0.05) is 47.2 Å². The smallest absolute Gasteiger partial charge is 0.374 e. The van der Waals surface area contributed by atoms with Crippen molar-refractivity contribution in [3.63, 3.8) is 0 Å². The number of thioether (sulfide) groups is 1. The fourth-order valence-electron chi connectivity index (χ4n) is 5.05. The molecule has 0 unspecified atom stereocenters. The first-order valence-corrected chi connectivity index (χ1v) is 15.2. The Morgan fingerprint density at radius 3 is 2.43 bits per heavy atom. The molecule has 4 N–H and O–H groups in total. The molecule has 232 valence electrons. The second kappa shape index (κ2) is 12.4. The number of nitrogens with one attached hydrogen (secondary N) is 4. The number of fused-ring (bicyclic) bond motifs is 1. The maximum absolute atomic E-state index is 13.2. The topological polar surface area (TPSA) is 133 Å². The largest absolute Gasteiger partial charge is 0.442 e. The lowest BCUT2D eigenvalue weighted by molar-refractivity contribution is -0.166. The van der Waals surface area contributed by atoms with Crippen molar-refractivity contribution in [3.05, 3.63) is 35.4 Å². The second-order valence-corrected chi connectivity index (χ2v) is 13.6. The van der Waals surface area contributed by atoms with Crippen molar-refractivity contribution in [1.82, 2.24) is 21.3 Å². The molecule has 2 saturated heterocycles. The summed E-state index contributed by atoms with van der Waals surface area (Å²) in [5, 5.41) is 18.5. The van der Waals surface area contributed by atoms with Gasteiger partial charge in [-0.15, -0.1) is 10.2 Å². The van der Waals surface area contributed by atoms with Crippen LogP contribution in [0.1, 0.15) is 75.7 Å². The van der Waals surface area contributed by atoms with Gasteiger partial charge in [0.1, 0.15) is 0 Å². The SMILES string of the molecule is CC(C)(CCOC(C)(C)CNC(=O)CCCC[C@@H]1SC[C@@H]2NC(=O)N[C@@H]21)NC(=O)c1ccc(C2(C(F)(F)F)N=N2)cc1. The minimum Gasteiger partial charge on any atom is -0.374 e. The molecule has 3 heterocycles. The summed E-state index contributed by atoms with van der Waals surface area (Å²) in [5.74, 6) is 0.465. The summed E-state index contributed by atoms with van der Waals surface area (Å²) in [4.78, 5) is 36.6. The van der Waals surface area contributed by atoms with E-state index < -0.39 is 28.9 Å². The van der Waals surface area contributed by atoms with Gasteiger partial charge in [-0.3, -0.25) is 9.59 Å². The van der Waals surface area contributed by atoms with Gasteiger partial charge in [0.2, 0.25) is 5.91 Å². The van der Waals surface area contributed by atoms with Crippen LogP contribution in [0, 0.1) is 0 Å². The summed E-state index contributed by atoms with van der Waals surface area (Å²) in [6.45, 7) is 8.08. The standard InChI is InChI=1S/C28H39F3N6O4S/c1-25(2,35-23(39)17-9-11-18(12-10-17)27(36-37-27)28(29,30)31)13-14-41-26(3,4)16-32-21(38)8-6-5-7-20-22-19(15-42-20)33-24(40)34-22/h9-12,19-20,22H,5-8,13-16H2,1-4H3,(H,32,38)(H,35,39)(H2,33,34,40)/t19-,20-,22-/m0/s1. The minimum atomic E-state index is -4.62. The highest BCUT2D eigenvalue weighted by molar-refractivity contribution is 8.00. The van der Waals surface area contributed by atoms with E-state index in [1.54, 1.807) is 0 Å². The van der Waals surface area contributed by atoms with E-state index in [1.807, 2.05) is 39.5 Å². The van der Waals surface area contributed by atoms with Crippen molar-refractivity contribution in [2.75, 3.05) is 18.9 Å². The molecule has 1 aromatic rings. The van der Waals surface area contributed by atoms with Gasteiger partial charge in [0.15, 0.2) is 0 Å². The first-order valence-electron chi connectivity index (χ1n) is 14.1. The quantitative estimate of drug-likeness (QED) is 0.183. The third-order valence-corrected chi connectivity index (χ3v) is 9.22. The van der Waals surface area contributed by atoms with E-state index in [0.29, 0.717) is 31.2 Å². The number of nitrogens with zero attached hydrogens (tertiary/aromatic N) is 2. The van der Waals surface area contributed by atoms with Gasteiger partial charge in [-0.2, -0.15) is 24.9 Å². The molecule has 3 atom stereocenters. The molecule has 14 heteroatoms. The third-order valence-electron chi connectivity index (χ3n) is 7.71. The van der Waals surface area contributed by atoms with E-state index in [-0.39, 0.29) is 35.1 Å². The second-order valence-electron chi connectivity index (χ2n) is 12.3. The molecule has 0 spiro atoms. The highest BCUT2D eigenvalue weighted by Gasteiger charge is 2.65. The van der Waals surface area contributed by atoms with E-state index in [9.17, 15) is 27.6 Å². The van der Waals surface area contributed by atoms with Gasteiger partial charge in [0.25, 0.3) is 5.91 Å². The van der Waals surface area contributed by atoms with E-state index in [0.717, 1.165) is 25.0 Å². The number of rotatable bonds is 14. The van der Waals surface area contributed by atoms with Crippen molar-refractivity contribution in [2.24, 2.45) is 10.2 Å². The predicted molar refractivity (Wildman–Crippen MR) is 152 cm³/mol. The Morgan fingerprint density at radius 1 is 1.10 bits per heavy atom. The van der Waals surface area contributed by atoms with E-state index in [2.05, 4.69) is 31.5 Å². The zero-order valence-corrected chi connectivity index (χ0v) is 25.1. The first-order chi connectivity index (χ1) is 19.6. The first kappa shape index (κ1) is 32.1. The molecule has 3 aliphatic rings. The van der Waals surface area contributed by atoms with Crippen molar-refractivity contribution in [2.45, 2.75) is 100 Å². The number of benzene rings is 1. The molecule has 0 radical (unpaired) electrons. The molecule has 0 saturated carbocycles. The Hall–Kier alpha value is -2.87. The van der Waals surface area contributed by atoms with E-state index in [1.165, 1.54) is 24.3 Å². The summed E-state index contributed by atoms with van der Waals surface area (Å²) in [6.07, 6.45) is -1.09. The number of urea groups is 1. The van der Waals surface area contributed by atoms with Crippen LogP contribution >= 0.6 is 11.8 Å². The number of hydrogen-bond donors (Lipinski definition) is 4. The normalized spacial score (nSPS) is 22.7. The van der Waals surface area contributed by atoms with Gasteiger partial charge < -0.3 is 26.0 Å². The van der Waals surface area contributed by atoms with Crippen LogP contribution in [0.25, 0.3) is 0 Å². The molecular formula is C28H39F3N6O4S. The van der Waals surface area contributed by atoms with Crippen LogP contribution in [0.4, 0.5) is 18.0 Å². The van der Waals surface area contributed by atoms with E-state index in [4.69, 9.17) is 4.74 Å². The Morgan fingerprint density at radius 2 is 1.79 bits per heavy atom. The van der Waals surface area contributed by atoms with Crippen LogP contribution in [-0.4, -0.2) is 71.4 Å².